The molecule has 1 aromatic carbocycles. The summed E-state index contributed by atoms with van der Waals surface area (Å²) in [7, 11) is 1.66. The number of ether oxygens (including phenoxy) is 2. The first kappa shape index (κ1) is 17.9. The van der Waals surface area contributed by atoms with E-state index in [4.69, 9.17) is 15.9 Å². The van der Waals surface area contributed by atoms with Crippen LogP contribution in [0.25, 0.3) is 0 Å². The van der Waals surface area contributed by atoms with E-state index < -0.39 is 0 Å². The minimum atomic E-state index is 0.441. The monoisotopic (exact) mass is 303 g/mol. The van der Waals surface area contributed by atoms with Crippen LogP contribution in [0.4, 0.5) is 0 Å². The summed E-state index contributed by atoms with van der Waals surface area (Å²) in [6.07, 6.45) is 5.26. The molecule has 1 aromatic rings. The summed E-state index contributed by atoms with van der Waals surface area (Å²) in [4.78, 5) is 4.53. The van der Waals surface area contributed by atoms with Crippen molar-refractivity contribution in [3.63, 3.8) is 0 Å². The van der Waals surface area contributed by atoms with Gasteiger partial charge in [0.25, 0.3) is 0 Å². The Morgan fingerprint density at radius 3 is 2.82 bits per heavy atom. The average Bonchev–Trinajstić information content (AvgIpc) is 2.51. The van der Waals surface area contributed by atoms with Crippen LogP contribution >= 0.6 is 0 Å². The predicted molar refractivity (Wildman–Crippen MR) is 90.2 cm³/mol. The lowest BCUT2D eigenvalue weighted by Gasteiger charge is -2.12. The molecule has 1 rings (SSSR count). The molecule has 0 heterocycles. The molecule has 22 heavy (non-hydrogen) atoms. The number of hydrogen-bond donors (Lipinski definition) is 2. The van der Waals surface area contributed by atoms with Gasteiger partial charge in [0.05, 0.1) is 19.7 Å². The standard InChI is InChI=1S/C17H25N3O2/c1-5-9-19-17(18-6-2)20-13-15-8-7-14(3)12-16(15)22-11-10-21-4/h1,7-8,12H,6,9-11,13H2,2-4H3,(H2,18,19,20). The molecule has 0 aromatic heterocycles. The van der Waals surface area contributed by atoms with E-state index in [1.807, 2.05) is 26.0 Å². The number of nitrogens with zero attached hydrogens (tertiary/aromatic N) is 1. The molecule has 0 bridgehead atoms. The van der Waals surface area contributed by atoms with Gasteiger partial charge in [-0.05, 0) is 25.5 Å². The first-order chi connectivity index (χ1) is 10.7. The average molecular weight is 303 g/mol. The fraction of sp³-hybridized carbons (Fsp3) is 0.471. The van der Waals surface area contributed by atoms with Crippen molar-refractivity contribution in [3.05, 3.63) is 29.3 Å². The Hall–Kier alpha value is -2.19. The Bertz CT molecular complexity index is 521. The summed E-state index contributed by atoms with van der Waals surface area (Å²) >= 11 is 0. The minimum absolute atomic E-state index is 0.441. The molecule has 120 valence electrons. The Kier molecular flexibility index (Phi) is 8.54. The number of guanidine groups is 1. The molecule has 0 radical (unpaired) electrons. The molecule has 0 aliphatic carbocycles. The minimum Gasteiger partial charge on any atom is -0.491 e. The maximum atomic E-state index is 5.76. The molecule has 0 saturated heterocycles. The van der Waals surface area contributed by atoms with Gasteiger partial charge in [-0.1, -0.05) is 18.1 Å². The van der Waals surface area contributed by atoms with E-state index in [1.54, 1.807) is 7.11 Å². The highest BCUT2D eigenvalue weighted by Gasteiger charge is 2.05. The topological polar surface area (TPSA) is 54.9 Å². The highest BCUT2D eigenvalue weighted by Crippen LogP contribution is 2.21. The molecule has 0 saturated carbocycles. The molecular weight excluding hydrogens is 278 g/mol. The highest BCUT2D eigenvalue weighted by atomic mass is 16.5. The number of hydrogen-bond acceptors (Lipinski definition) is 3. The van der Waals surface area contributed by atoms with Gasteiger partial charge < -0.3 is 20.1 Å². The zero-order chi connectivity index (χ0) is 16.2. The summed E-state index contributed by atoms with van der Waals surface area (Å²) in [6.45, 7) is 6.86. The Morgan fingerprint density at radius 1 is 1.32 bits per heavy atom. The maximum Gasteiger partial charge on any atom is 0.192 e. The lowest BCUT2D eigenvalue weighted by atomic mass is 10.1. The quantitative estimate of drug-likeness (QED) is 0.332. The van der Waals surface area contributed by atoms with Crippen molar-refractivity contribution < 1.29 is 9.47 Å². The lowest BCUT2D eigenvalue weighted by molar-refractivity contribution is 0.146. The number of aliphatic imine (C=N–C) groups is 1. The molecule has 2 N–H and O–H groups in total. The fourth-order valence-corrected chi connectivity index (χ4v) is 1.80. The van der Waals surface area contributed by atoms with E-state index >= 15 is 0 Å². The van der Waals surface area contributed by atoms with E-state index in [2.05, 4.69) is 27.6 Å². The van der Waals surface area contributed by atoms with Crippen LogP contribution in [-0.4, -0.2) is 39.4 Å². The van der Waals surface area contributed by atoms with E-state index in [1.165, 1.54) is 0 Å². The summed E-state index contributed by atoms with van der Waals surface area (Å²) in [5.41, 5.74) is 2.18. The third-order valence-corrected chi connectivity index (χ3v) is 2.88. The molecule has 5 nitrogen and oxygen atoms in total. The smallest absolute Gasteiger partial charge is 0.192 e. The SMILES string of the molecule is C#CCNC(=NCc1ccc(C)cc1OCCOC)NCC. The van der Waals surface area contributed by atoms with Gasteiger partial charge >= 0.3 is 0 Å². The van der Waals surface area contributed by atoms with Gasteiger partial charge in [-0.25, -0.2) is 4.99 Å². The van der Waals surface area contributed by atoms with Crippen LogP contribution in [0.3, 0.4) is 0 Å². The summed E-state index contributed by atoms with van der Waals surface area (Å²) in [5, 5.41) is 6.22. The van der Waals surface area contributed by atoms with Crippen LogP contribution in [0, 0.1) is 19.3 Å². The van der Waals surface area contributed by atoms with Crippen LogP contribution in [0.5, 0.6) is 5.75 Å². The van der Waals surface area contributed by atoms with E-state index in [-0.39, 0.29) is 0 Å². The van der Waals surface area contributed by atoms with Gasteiger partial charge in [0.1, 0.15) is 12.4 Å². The second kappa shape index (κ2) is 10.5. The molecule has 0 aliphatic rings. The van der Waals surface area contributed by atoms with Gasteiger partial charge in [0, 0.05) is 19.2 Å². The second-order valence-electron chi connectivity index (χ2n) is 4.71. The molecule has 0 fully saturated rings. The molecule has 0 spiro atoms. The number of aryl methyl sites for hydroxylation is 1. The molecule has 0 atom stereocenters. The van der Waals surface area contributed by atoms with Crippen molar-refractivity contribution in [2.24, 2.45) is 4.99 Å². The van der Waals surface area contributed by atoms with Gasteiger partial charge in [-0.3, -0.25) is 0 Å². The van der Waals surface area contributed by atoms with E-state index in [9.17, 15) is 0 Å². The normalized spacial score (nSPS) is 10.9. The van der Waals surface area contributed by atoms with E-state index in [0.717, 1.165) is 23.4 Å². The van der Waals surface area contributed by atoms with Crippen molar-refractivity contribution in [1.82, 2.24) is 10.6 Å². The van der Waals surface area contributed by atoms with Crippen molar-refractivity contribution in [3.8, 4) is 18.1 Å². The largest absolute Gasteiger partial charge is 0.491 e. The zero-order valence-electron chi connectivity index (χ0n) is 13.6. The van der Waals surface area contributed by atoms with Crippen molar-refractivity contribution >= 4 is 5.96 Å². The molecular formula is C17H25N3O2. The maximum absolute atomic E-state index is 5.76. The fourth-order valence-electron chi connectivity index (χ4n) is 1.80. The lowest BCUT2D eigenvalue weighted by Crippen LogP contribution is -2.37. The third-order valence-electron chi connectivity index (χ3n) is 2.88. The summed E-state index contributed by atoms with van der Waals surface area (Å²) in [5.74, 6) is 4.08. The van der Waals surface area contributed by atoms with Crippen LogP contribution in [0.15, 0.2) is 23.2 Å². The number of benzene rings is 1. The van der Waals surface area contributed by atoms with Gasteiger partial charge in [-0.2, -0.15) is 0 Å². The molecule has 0 unspecified atom stereocenters. The molecule has 0 amide bonds. The van der Waals surface area contributed by atoms with E-state index in [0.29, 0.717) is 32.3 Å². The van der Waals surface area contributed by atoms with Gasteiger partial charge in [-0.15, -0.1) is 6.42 Å². The summed E-state index contributed by atoms with van der Waals surface area (Å²) in [6, 6.07) is 6.10. The number of methoxy groups -OCH3 is 1. The van der Waals surface area contributed by atoms with Crippen molar-refractivity contribution in [2.45, 2.75) is 20.4 Å². The van der Waals surface area contributed by atoms with Crippen LogP contribution in [0.2, 0.25) is 0 Å². The molecule has 5 heteroatoms. The van der Waals surface area contributed by atoms with Crippen molar-refractivity contribution in [1.29, 1.82) is 0 Å². The van der Waals surface area contributed by atoms with Crippen LogP contribution < -0.4 is 15.4 Å². The third kappa shape index (κ3) is 6.51. The number of terminal acetylenes is 1. The highest BCUT2D eigenvalue weighted by molar-refractivity contribution is 5.80. The zero-order valence-corrected chi connectivity index (χ0v) is 13.6. The Labute approximate surface area is 133 Å². The van der Waals surface area contributed by atoms with Gasteiger partial charge in [0.15, 0.2) is 5.96 Å². The number of rotatable bonds is 8. The van der Waals surface area contributed by atoms with Crippen LogP contribution in [0.1, 0.15) is 18.1 Å². The predicted octanol–water partition coefficient (Wildman–Crippen LogP) is 1.71. The molecule has 0 aliphatic heterocycles. The first-order valence-electron chi connectivity index (χ1n) is 7.38. The van der Waals surface area contributed by atoms with Crippen LogP contribution in [-0.2, 0) is 11.3 Å². The first-order valence-corrected chi connectivity index (χ1v) is 7.38. The summed E-state index contributed by atoms with van der Waals surface area (Å²) < 4.78 is 10.8. The van der Waals surface area contributed by atoms with Gasteiger partial charge in [0.2, 0.25) is 0 Å². The number of nitrogens with one attached hydrogen (secondary N) is 2. The Morgan fingerprint density at radius 2 is 2.14 bits per heavy atom. The second-order valence-corrected chi connectivity index (χ2v) is 4.71. The Balaban J connectivity index is 2.79. The van der Waals surface area contributed by atoms with Crippen molar-refractivity contribution in [2.75, 3.05) is 33.4 Å².